The molecule has 1 aromatic rings. The zero-order valence-corrected chi connectivity index (χ0v) is 11.2. The Morgan fingerprint density at radius 2 is 1.88 bits per heavy atom. The predicted octanol–water partition coefficient (Wildman–Crippen LogP) is 2.76. The number of hydrogen-bond acceptors (Lipinski definition) is 2. The van der Waals surface area contributed by atoms with Gasteiger partial charge >= 0.3 is 0 Å². The third kappa shape index (κ3) is 3.01. The van der Waals surface area contributed by atoms with Gasteiger partial charge in [0, 0.05) is 24.8 Å². The van der Waals surface area contributed by atoms with E-state index in [9.17, 15) is 0 Å². The average molecular weight is 232 g/mol. The fraction of sp³-hybridized carbons (Fsp3) is 0.600. The third-order valence-corrected chi connectivity index (χ3v) is 3.96. The van der Waals surface area contributed by atoms with Crippen LogP contribution in [0.25, 0.3) is 0 Å². The molecule has 0 aliphatic carbocycles. The van der Waals surface area contributed by atoms with E-state index < -0.39 is 0 Å². The smallest absolute Gasteiger partial charge is 0.0366 e. The van der Waals surface area contributed by atoms with Crippen LogP contribution in [0, 0.1) is 11.8 Å². The zero-order chi connectivity index (χ0) is 12.3. The summed E-state index contributed by atoms with van der Waals surface area (Å²) in [5.41, 5.74) is 1.36. The van der Waals surface area contributed by atoms with E-state index in [2.05, 4.69) is 61.4 Å². The molecule has 2 heteroatoms. The van der Waals surface area contributed by atoms with Gasteiger partial charge in [0.25, 0.3) is 0 Å². The molecule has 0 aromatic heterocycles. The predicted molar refractivity (Wildman–Crippen MR) is 74.4 cm³/mol. The van der Waals surface area contributed by atoms with Gasteiger partial charge in [0.05, 0.1) is 0 Å². The topological polar surface area (TPSA) is 15.3 Å². The molecule has 2 rings (SSSR count). The normalized spacial score (nSPS) is 25.3. The maximum atomic E-state index is 3.45. The molecule has 0 amide bonds. The molecule has 0 radical (unpaired) electrons. The quantitative estimate of drug-likeness (QED) is 0.862. The van der Waals surface area contributed by atoms with Crippen molar-refractivity contribution >= 4 is 5.69 Å². The highest BCUT2D eigenvalue weighted by atomic mass is 15.2. The number of rotatable bonds is 3. The third-order valence-electron chi connectivity index (χ3n) is 3.96. The van der Waals surface area contributed by atoms with Crippen molar-refractivity contribution in [3.05, 3.63) is 30.3 Å². The molecule has 1 aliphatic rings. The van der Waals surface area contributed by atoms with E-state index in [0.29, 0.717) is 6.04 Å². The highest BCUT2D eigenvalue weighted by Crippen LogP contribution is 2.27. The van der Waals surface area contributed by atoms with E-state index in [0.717, 1.165) is 18.4 Å². The number of likely N-dealkylation sites (N-methyl/N-ethyl adjacent to an activating group) is 1. The lowest BCUT2D eigenvalue weighted by atomic mass is 9.85. The Balaban J connectivity index is 2.12. The number of nitrogens with zero attached hydrogens (tertiary/aromatic N) is 1. The molecule has 1 fully saturated rings. The summed E-state index contributed by atoms with van der Waals surface area (Å²) in [4.78, 5) is 2.52. The van der Waals surface area contributed by atoms with Crippen molar-refractivity contribution < 1.29 is 0 Å². The Hall–Kier alpha value is -1.02. The molecule has 94 valence electrons. The van der Waals surface area contributed by atoms with Crippen LogP contribution in [0.5, 0.6) is 0 Å². The van der Waals surface area contributed by atoms with E-state index in [1.165, 1.54) is 18.7 Å². The fourth-order valence-corrected chi connectivity index (χ4v) is 2.68. The van der Waals surface area contributed by atoms with Crippen LogP contribution in [-0.4, -0.2) is 26.2 Å². The van der Waals surface area contributed by atoms with Crippen molar-refractivity contribution in [3.8, 4) is 0 Å². The lowest BCUT2D eigenvalue weighted by molar-refractivity contribution is 0.280. The second-order valence-corrected chi connectivity index (χ2v) is 5.47. The van der Waals surface area contributed by atoms with Crippen LogP contribution in [0.15, 0.2) is 30.3 Å². The summed E-state index contributed by atoms with van der Waals surface area (Å²) in [5, 5.41) is 3.45. The molecule has 0 saturated carbocycles. The lowest BCUT2D eigenvalue weighted by Crippen LogP contribution is -2.49. The van der Waals surface area contributed by atoms with E-state index in [1.807, 2.05) is 0 Å². The second-order valence-electron chi connectivity index (χ2n) is 5.47. The molecule has 2 nitrogen and oxygen atoms in total. The first-order chi connectivity index (χ1) is 8.20. The average Bonchev–Trinajstić information content (AvgIpc) is 2.39. The van der Waals surface area contributed by atoms with Gasteiger partial charge in [0.1, 0.15) is 0 Å². The summed E-state index contributed by atoms with van der Waals surface area (Å²) in [6, 6.07) is 11.4. The van der Waals surface area contributed by atoms with Gasteiger partial charge in [0.2, 0.25) is 0 Å². The molecule has 1 saturated heterocycles. The maximum absolute atomic E-state index is 3.45. The van der Waals surface area contributed by atoms with Crippen LogP contribution in [0.4, 0.5) is 5.69 Å². The lowest BCUT2D eigenvalue weighted by Gasteiger charge is -2.40. The Morgan fingerprint density at radius 3 is 2.47 bits per heavy atom. The largest absolute Gasteiger partial charge is 0.370 e. The zero-order valence-electron chi connectivity index (χ0n) is 11.2. The number of anilines is 1. The monoisotopic (exact) mass is 232 g/mol. The molecule has 2 atom stereocenters. The van der Waals surface area contributed by atoms with Crippen molar-refractivity contribution in [2.45, 2.75) is 26.3 Å². The van der Waals surface area contributed by atoms with Gasteiger partial charge < -0.3 is 10.2 Å². The molecule has 0 spiro atoms. The van der Waals surface area contributed by atoms with Gasteiger partial charge in [-0.25, -0.2) is 0 Å². The second kappa shape index (κ2) is 5.54. The van der Waals surface area contributed by atoms with Crippen molar-refractivity contribution in [2.24, 2.45) is 11.8 Å². The molecule has 0 bridgehead atoms. The number of piperidine rings is 1. The van der Waals surface area contributed by atoms with Gasteiger partial charge in [-0.1, -0.05) is 32.0 Å². The summed E-state index contributed by atoms with van der Waals surface area (Å²) in [5.74, 6) is 1.55. The van der Waals surface area contributed by atoms with Crippen molar-refractivity contribution in [2.75, 3.05) is 25.0 Å². The standard InChI is InChI=1S/C15H24N2/c1-12(2)13-9-14(16-3)11-17(10-13)15-7-5-4-6-8-15/h4-8,12-14,16H,9-11H2,1-3H3. The highest BCUT2D eigenvalue weighted by molar-refractivity contribution is 5.46. The van der Waals surface area contributed by atoms with Gasteiger partial charge in [-0.3, -0.25) is 0 Å². The number of hydrogen-bond donors (Lipinski definition) is 1. The van der Waals surface area contributed by atoms with Gasteiger partial charge in [-0.05, 0) is 37.4 Å². The van der Waals surface area contributed by atoms with Crippen molar-refractivity contribution in [1.29, 1.82) is 0 Å². The van der Waals surface area contributed by atoms with Crippen LogP contribution >= 0.6 is 0 Å². The molecule has 17 heavy (non-hydrogen) atoms. The molecular formula is C15H24N2. The minimum atomic E-state index is 0.622. The number of para-hydroxylation sites is 1. The minimum Gasteiger partial charge on any atom is -0.370 e. The molecule has 1 heterocycles. The minimum absolute atomic E-state index is 0.622. The first-order valence-corrected chi connectivity index (χ1v) is 6.68. The van der Waals surface area contributed by atoms with E-state index in [1.54, 1.807) is 0 Å². The maximum Gasteiger partial charge on any atom is 0.0366 e. The molecule has 2 unspecified atom stereocenters. The Labute approximate surface area is 105 Å². The molecule has 1 aliphatic heterocycles. The summed E-state index contributed by atoms with van der Waals surface area (Å²) in [7, 11) is 2.08. The van der Waals surface area contributed by atoms with Crippen LogP contribution in [0.1, 0.15) is 20.3 Å². The van der Waals surface area contributed by atoms with Crippen molar-refractivity contribution in [3.63, 3.8) is 0 Å². The summed E-state index contributed by atoms with van der Waals surface area (Å²) >= 11 is 0. The van der Waals surface area contributed by atoms with Gasteiger partial charge in [0.15, 0.2) is 0 Å². The summed E-state index contributed by atoms with van der Waals surface area (Å²) in [6.45, 7) is 7.00. The molecular weight excluding hydrogens is 208 g/mol. The summed E-state index contributed by atoms with van der Waals surface area (Å²) < 4.78 is 0. The number of benzene rings is 1. The van der Waals surface area contributed by atoms with Crippen molar-refractivity contribution in [1.82, 2.24) is 5.32 Å². The fourth-order valence-electron chi connectivity index (χ4n) is 2.68. The first kappa shape index (κ1) is 12.4. The molecule has 1 aromatic carbocycles. The van der Waals surface area contributed by atoms with Crippen LogP contribution < -0.4 is 10.2 Å². The molecule has 1 N–H and O–H groups in total. The SMILES string of the molecule is CNC1CC(C(C)C)CN(c2ccccc2)C1. The Kier molecular flexibility index (Phi) is 4.06. The van der Waals surface area contributed by atoms with E-state index in [-0.39, 0.29) is 0 Å². The van der Waals surface area contributed by atoms with Crippen LogP contribution in [0.3, 0.4) is 0 Å². The highest BCUT2D eigenvalue weighted by Gasteiger charge is 2.28. The first-order valence-electron chi connectivity index (χ1n) is 6.68. The van der Waals surface area contributed by atoms with Crippen LogP contribution in [0.2, 0.25) is 0 Å². The summed E-state index contributed by atoms with van der Waals surface area (Å²) in [6.07, 6.45) is 1.30. The van der Waals surface area contributed by atoms with E-state index >= 15 is 0 Å². The van der Waals surface area contributed by atoms with E-state index in [4.69, 9.17) is 0 Å². The number of nitrogens with one attached hydrogen (secondary N) is 1. The Morgan fingerprint density at radius 1 is 1.18 bits per heavy atom. The van der Waals surface area contributed by atoms with Crippen LogP contribution in [-0.2, 0) is 0 Å². The van der Waals surface area contributed by atoms with Gasteiger partial charge in [-0.2, -0.15) is 0 Å². The van der Waals surface area contributed by atoms with Gasteiger partial charge in [-0.15, -0.1) is 0 Å². The Bertz CT molecular complexity index is 334.